The molecule has 1 saturated heterocycles. The zero-order valence-corrected chi connectivity index (χ0v) is 18.2. The lowest BCUT2D eigenvalue weighted by atomic mass is 9.97. The smallest absolute Gasteiger partial charge is 0.307 e. The number of amides is 1. The molecule has 10 heteroatoms. The Balaban J connectivity index is 1.29. The first-order chi connectivity index (χ1) is 16.3. The standard InChI is InChI=1S/C24H27NO9/c26-14-7-5-13(6-8-14)9-10-32-24-22(30)21(29)20(28)18(34-24)12-33-19(27)11-16-15-3-1-2-4-17(15)25-23(16)31/h1-8,16,18,20-22,24,26,28-30H,9-12H2,(H,25,31)/t16-,18-,20+,21-,22+,24+/m0/s1. The Bertz CT molecular complexity index is 1010. The topological polar surface area (TPSA) is 155 Å². The van der Waals surface area contributed by atoms with Gasteiger partial charge in [0.1, 0.15) is 36.8 Å². The molecule has 0 saturated carbocycles. The number of carbonyl (C=O) groups excluding carboxylic acids is 2. The van der Waals surface area contributed by atoms with E-state index in [9.17, 15) is 30.0 Å². The zero-order valence-electron chi connectivity index (χ0n) is 18.2. The normalized spacial score (nSPS) is 28.3. The maximum Gasteiger partial charge on any atom is 0.307 e. The molecule has 182 valence electrons. The van der Waals surface area contributed by atoms with Gasteiger partial charge < -0.3 is 40.0 Å². The number of phenolic OH excluding ortho intramolecular Hbond substituents is 1. The van der Waals surface area contributed by atoms with Gasteiger partial charge in [-0.15, -0.1) is 0 Å². The van der Waals surface area contributed by atoms with Crippen molar-refractivity contribution in [3.05, 3.63) is 59.7 Å². The van der Waals surface area contributed by atoms with Gasteiger partial charge in [0.15, 0.2) is 6.29 Å². The van der Waals surface area contributed by atoms with Gasteiger partial charge in [0.2, 0.25) is 5.91 Å². The second kappa shape index (κ2) is 10.5. The van der Waals surface area contributed by atoms with Crippen molar-refractivity contribution in [3.63, 3.8) is 0 Å². The van der Waals surface area contributed by atoms with Crippen LogP contribution in [0.2, 0.25) is 0 Å². The molecule has 0 radical (unpaired) electrons. The number of fused-ring (bicyclic) bond motifs is 1. The van der Waals surface area contributed by atoms with E-state index >= 15 is 0 Å². The fourth-order valence-corrected chi connectivity index (χ4v) is 4.03. The van der Waals surface area contributed by atoms with Crippen molar-refractivity contribution in [1.29, 1.82) is 0 Å². The summed E-state index contributed by atoms with van der Waals surface area (Å²) in [7, 11) is 0. The first kappa shape index (κ1) is 24.1. The summed E-state index contributed by atoms with van der Waals surface area (Å²) in [6, 6.07) is 13.6. The third-order valence-corrected chi connectivity index (χ3v) is 5.97. The number of anilines is 1. The van der Waals surface area contributed by atoms with Crippen LogP contribution >= 0.6 is 0 Å². The molecule has 0 unspecified atom stereocenters. The zero-order chi connectivity index (χ0) is 24.2. The van der Waals surface area contributed by atoms with E-state index in [2.05, 4.69) is 5.32 Å². The van der Waals surface area contributed by atoms with Crippen molar-refractivity contribution in [3.8, 4) is 5.75 Å². The van der Waals surface area contributed by atoms with E-state index in [1.54, 1.807) is 48.5 Å². The number of aliphatic hydroxyl groups excluding tert-OH is 3. The van der Waals surface area contributed by atoms with Gasteiger partial charge in [-0.25, -0.2) is 0 Å². The number of hydrogen-bond donors (Lipinski definition) is 5. The Labute approximate surface area is 195 Å². The number of aromatic hydroxyl groups is 1. The van der Waals surface area contributed by atoms with E-state index in [-0.39, 0.29) is 24.7 Å². The van der Waals surface area contributed by atoms with E-state index in [1.807, 2.05) is 0 Å². The number of para-hydroxylation sites is 1. The molecule has 0 aromatic heterocycles. The summed E-state index contributed by atoms with van der Waals surface area (Å²) < 4.78 is 16.3. The summed E-state index contributed by atoms with van der Waals surface area (Å²) in [6.45, 7) is -0.254. The van der Waals surface area contributed by atoms with Crippen LogP contribution in [0.25, 0.3) is 0 Å². The fourth-order valence-electron chi connectivity index (χ4n) is 4.03. The lowest BCUT2D eigenvalue weighted by Gasteiger charge is -2.40. The SMILES string of the molecule is O=C(C[C@@H]1C(=O)Nc2ccccc21)OC[C@@H]1O[C@@H](OCCc2ccc(O)cc2)[C@H](O)[C@@H](O)[C@@H]1O. The Morgan fingerprint density at radius 3 is 2.50 bits per heavy atom. The molecule has 0 spiro atoms. The fraction of sp³-hybridized carbons (Fsp3) is 0.417. The van der Waals surface area contributed by atoms with Crippen LogP contribution in [0.15, 0.2) is 48.5 Å². The maximum absolute atomic E-state index is 12.4. The predicted octanol–water partition coefficient (Wildman–Crippen LogP) is 0.428. The molecular weight excluding hydrogens is 446 g/mol. The monoisotopic (exact) mass is 473 g/mol. The van der Waals surface area contributed by atoms with Gasteiger partial charge in [-0.2, -0.15) is 0 Å². The Kier molecular flexibility index (Phi) is 7.44. The van der Waals surface area contributed by atoms with E-state index in [0.29, 0.717) is 17.7 Å². The molecule has 2 aliphatic rings. The summed E-state index contributed by atoms with van der Waals surface area (Å²) in [6.07, 6.45) is -6.68. The van der Waals surface area contributed by atoms with Crippen molar-refractivity contribution < 1.29 is 44.2 Å². The highest BCUT2D eigenvalue weighted by molar-refractivity contribution is 6.04. The lowest BCUT2D eigenvalue weighted by molar-refractivity contribution is -0.301. The van der Waals surface area contributed by atoms with E-state index < -0.39 is 49.2 Å². The predicted molar refractivity (Wildman–Crippen MR) is 118 cm³/mol. The number of carbonyl (C=O) groups is 2. The molecule has 34 heavy (non-hydrogen) atoms. The quantitative estimate of drug-likeness (QED) is 0.343. The van der Waals surface area contributed by atoms with Gasteiger partial charge in [-0.1, -0.05) is 30.3 Å². The third kappa shape index (κ3) is 5.37. The average Bonchev–Trinajstić information content (AvgIpc) is 3.14. The second-order valence-electron chi connectivity index (χ2n) is 8.32. The molecule has 2 aliphatic heterocycles. The van der Waals surface area contributed by atoms with E-state index in [0.717, 1.165) is 5.56 Å². The Morgan fingerprint density at radius 1 is 1.00 bits per heavy atom. The van der Waals surface area contributed by atoms with Crippen molar-refractivity contribution >= 4 is 17.6 Å². The molecule has 2 aromatic rings. The number of benzene rings is 2. The van der Waals surface area contributed by atoms with Crippen molar-refractivity contribution in [2.24, 2.45) is 0 Å². The minimum absolute atomic E-state index is 0.137. The highest BCUT2D eigenvalue weighted by Crippen LogP contribution is 2.34. The number of nitrogens with one attached hydrogen (secondary N) is 1. The molecule has 4 rings (SSSR count). The van der Waals surface area contributed by atoms with Gasteiger partial charge in [0.05, 0.1) is 18.9 Å². The number of ether oxygens (including phenoxy) is 3. The molecule has 1 amide bonds. The van der Waals surface area contributed by atoms with Crippen LogP contribution in [0.1, 0.15) is 23.5 Å². The van der Waals surface area contributed by atoms with Gasteiger partial charge in [-0.05, 0) is 35.7 Å². The molecular formula is C24H27NO9. The van der Waals surface area contributed by atoms with Crippen LogP contribution in [-0.2, 0) is 30.2 Å². The van der Waals surface area contributed by atoms with Crippen molar-refractivity contribution in [1.82, 2.24) is 0 Å². The molecule has 0 aliphatic carbocycles. The van der Waals surface area contributed by atoms with Gasteiger partial charge >= 0.3 is 5.97 Å². The molecule has 1 fully saturated rings. The Hall–Kier alpha value is -3.02. The lowest BCUT2D eigenvalue weighted by Crippen LogP contribution is -2.59. The second-order valence-corrected chi connectivity index (χ2v) is 8.32. The highest BCUT2D eigenvalue weighted by Gasteiger charge is 2.45. The van der Waals surface area contributed by atoms with Crippen LogP contribution in [0, 0.1) is 0 Å². The molecule has 2 heterocycles. The average molecular weight is 473 g/mol. The van der Waals surface area contributed by atoms with Gasteiger partial charge in [-0.3, -0.25) is 9.59 Å². The summed E-state index contributed by atoms with van der Waals surface area (Å²) in [5, 5.41) is 42.7. The Morgan fingerprint density at radius 2 is 1.74 bits per heavy atom. The van der Waals surface area contributed by atoms with Crippen LogP contribution in [0.5, 0.6) is 5.75 Å². The molecule has 5 N–H and O–H groups in total. The number of aliphatic hydroxyl groups is 3. The summed E-state index contributed by atoms with van der Waals surface area (Å²) in [5.41, 5.74) is 2.24. The largest absolute Gasteiger partial charge is 0.508 e. The number of rotatable bonds is 8. The minimum Gasteiger partial charge on any atom is -0.508 e. The number of esters is 1. The molecule has 0 bridgehead atoms. The summed E-state index contributed by atoms with van der Waals surface area (Å²) in [4.78, 5) is 24.6. The van der Waals surface area contributed by atoms with Crippen molar-refractivity contribution in [2.45, 2.75) is 49.5 Å². The molecule has 10 nitrogen and oxygen atoms in total. The summed E-state index contributed by atoms with van der Waals surface area (Å²) in [5.74, 6) is -1.50. The van der Waals surface area contributed by atoms with Crippen LogP contribution in [-0.4, -0.2) is 76.2 Å². The minimum atomic E-state index is -1.57. The third-order valence-electron chi connectivity index (χ3n) is 5.97. The van der Waals surface area contributed by atoms with Crippen LogP contribution in [0.3, 0.4) is 0 Å². The first-order valence-electron chi connectivity index (χ1n) is 11.0. The van der Waals surface area contributed by atoms with Gasteiger partial charge in [0.25, 0.3) is 0 Å². The maximum atomic E-state index is 12.4. The van der Waals surface area contributed by atoms with Crippen molar-refractivity contribution in [2.75, 3.05) is 18.5 Å². The van der Waals surface area contributed by atoms with E-state index in [4.69, 9.17) is 14.2 Å². The highest BCUT2D eigenvalue weighted by atomic mass is 16.7. The first-order valence-corrected chi connectivity index (χ1v) is 11.0. The molecule has 6 atom stereocenters. The number of phenols is 1. The summed E-state index contributed by atoms with van der Waals surface area (Å²) >= 11 is 0. The van der Waals surface area contributed by atoms with Gasteiger partial charge in [0, 0.05) is 5.69 Å². The van der Waals surface area contributed by atoms with E-state index in [1.165, 1.54) is 0 Å². The molecule has 2 aromatic carbocycles. The van der Waals surface area contributed by atoms with Crippen LogP contribution in [0.4, 0.5) is 5.69 Å². The van der Waals surface area contributed by atoms with Crippen LogP contribution < -0.4 is 5.32 Å². The number of hydrogen-bond acceptors (Lipinski definition) is 9.